The van der Waals surface area contributed by atoms with Crippen molar-refractivity contribution in [2.24, 2.45) is 0 Å². The molecule has 0 bridgehead atoms. The van der Waals surface area contributed by atoms with Gasteiger partial charge in [0.1, 0.15) is 17.1 Å². The van der Waals surface area contributed by atoms with Gasteiger partial charge in [-0.25, -0.2) is 0 Å². The number of rotatable bonds is 7. The van der Waals surface area contributed by atoms with Gasteiger partial charge in [-0.3, -0.25) is 4.79 Å². The summed E-state index contributed by atoms with van der Waals surface area (Å²) in [5.74, 6) is 1.27. The van der Waals surface area contributed by atoms with Crippen LogP contribution in [0.2, 0.25) is 0 Å². The third kappa shape index (κ3) is 3.89. The summed E-state index contributed by atoms with van der Waals surface area (Å²) in [7, 11) is 1.61. The van der Waals surface area contributed by atoms with Gasteiger partial charge in [-0.2, -0.15) is 0 Å². The van der Waals surface area contributed by atoms with E-state index in [4.69, 9.17) is 13.9 Å². The van der Waals surface area contributed by atoms with Crippen LogP contribution in [0.25, 0.3) is 11.0 Å². The molecule has 26 heavy (non-hydrogen) atoms. The highest BCUT2D eigenvalue weighted by molar-refractivity contribution is 5.95. The number of ether oxygens (including phenoxy) is 2. The Morgan fingerprint density at radius 2 is 2.00 bits per heavy atom. The Kier molecular flexibility index (Phi) is 5.58. The second-order valence-corrected chi connectivity index (χ2v) is 6.05. The molecule has 0 saturated heterocycles. The molecule has 3 aromatic rings. The van der Waals surface area contributed by atoms with Gasteiger partial charge in [0.15, 0.2) is 0 Å². The second-order valence-electron chi connectivity index (χ2n) is 6.05. The molecule has 0 radical (unpaired) electrons. The summed E-state index contributed by atoms with van der Waals surface area (Å²) in [6.07, 6.45) is 0. The Morgan fingerprint density at radius 3 is 2.73 bits per heavy atom. The molecular weight excluding hydrogens is 330 g/mol. The first-order chi connectivity index (χ1) is 12.6. The number of benzene rings is 2. The van der Waals surface area contributed by atoms with Crippen LogP contribution in [0.4, 0.5) is 0 Å². The Balaban J connectivity index is 1.76. The van der Waals surface area contributed by atoms with Crippen LogP contribution in [0.3, 0.4) is 0 Å². The van der Waals surface area contributed by atoms with Crippen LogP contribution in [0.1, 0.15) is 41.6 Å². The summed E-state index contributed by atoms with van der Waals surface area (Å²) in [4.78, 5) is 12.6. The molecule has 0 aliphatic heterocycles. The molecule has 1 aromatic heterocycles. The number of carbonyl (C=O) groups is 1. The molecule has 0 fully saturated rings. The Hall–Kier alpha value is -2.79. The first-order valence-electron chi connectivity index (χ1n) is 8.66. The highest BCUT2D eigenvalue weighted by atomic mass is 16.5. The zero-order valence-electron chi connectivity index (χ0n) is 15.2. The fourth-order valence-corrected chi connectivity index (χ4v) is 2.81. The van der Waals surface area contributed by atoms with Crippen molar-refractivity contribution in [3.8, 4) is 5.75 Å². The standard InChI is InChI=1S/C21H23NO4/c1-4-25-13-17-11-16(9-10-18(17)24-3)21(23)22-14(2)20-12-15-7-5-6-8-19(15)26-20/h5-12,14H,4,13H2,1-3H3,(H,22,23). The quantitative estimate of drug-likeness (QED) is 0.681. The van der Waals surface area contributed by atoms with Crippen molar-refractivity contribution in [2.45, 2.75) is 26.5 Å². The highest BCUT2D eigenvalue weighted by Crippen LogP contribution is 2.25. The highest BCUT2D eigenvalue weighted by Gasteiger charge is 2.16. The molecule has 5 nitrogen and oxygen atoms in total. The molecule has 1 atom stereocenters. The van der Waals surface area contributed by atoms with Crippen LogP contribution in [-0.4, -0.2) is 19.6 Å². The summed E-state index contributed by atoms with van der Waals surface area (Å²) >= 11 is 0. The first kappa shape index (κ1) is 18.0. The lowest BCUT2D eigenvalue weighted by Gasteiger charge is -2.14. The number of amides is 1. The van der Waals surface area contributed by atoms with Crippen LogP contribution in [0.5, 0.6) is 5.75 Å². The Bertz CT molecular complexity index is 867. The van der Waals surface area contributed by atoms with Gasteiger partial charge in [0, 0.05) is 23.1 Å². The van der Waals surface area contributed by atoms with Crippen molar-refractivity contribution in [3.05, 3.63) is 65.4 Å². The summed E-state index contributed by atoms with van der Waals surface area (Å²) in [6.45, 7) is 4.83. The molecule has 5 heteroatoms. The number of hydrogen-bond acceptors (Lipinski definition) is 4. The number of methoxy groups -OCH3 is 1. The normalized spacial score (nSPS) is 12.1. The van der Waals surface area contributed by atoms with Gasteiger partial charge in [-0.1, -0.05) is 18.2 Å². The van der Waals surface area contributed by atoms with Gasteiger partial charge in [0.25, 0.3) is 5.91 Å². The topological polar surface area (TPSA) is 60.7 Å². The average molecular weight is 353 g/mol. The van der Waals surface area contributed by atoms with Gasteiger partial charge >= 0.3 is 0 Å². The molecule has 1 unspecified atom stereocenters. The van der Waals surface area contributed by atoms with E-state index >= 15 is 0 Å². The van der Waals surface area contributed by atoms with Crippen molar-refractivity contribution in [3.63, 3.8) is 0 Å². The Labute approximate surface area is 152 Å². The van der Waals surface area contributed by atoms with E-state index in [-0.39, 0.29) is 11.9 Å². The molecule has 1 N–H and O–H groups in total. The molecule has 0 saturated carbocycles. The van der Waals surface area contributed by atoms with Crippen LogP contribution >= 0.6 is 0 Å². The van der Waals surface area contributed by atoms with E-state index in [2.05, 4.69) is 5.32 Å². The van der Waals surface area contributed by atoms with Gasteiger partial charge in [0.05, 0.1) is 19.8 Å². The third-order valence-corrected chi connectivity index (χ3v) is 4.22. The van der Waals surface area contributed by atoms with E-state index in [0.29, 0.717) is 24.5 Å². The van der Waals surface area contributed by atoms with Gasteiger partial charge in [-0.05, 0) is 44.2 Å². The lowest BCUT2D eigenvalue weighted by atomic mass is 10.1. The van der Waals surface area contributed by atoms with E-state index in [1.807, 2.05) is 44.2 Å². The van der Waals surface area contributed by atoms with E-state index < -0.39 is 0 Å². The van der Waals surface area contributed by atoms with Crippen molar-refractivity contribution in [1.29, 1.82) is 0 Å². The van der Waals surface area contributed by atoms with E-state index in [1.165, 1.54) is 0 Å². The maximum Gasteiger partial charge on any atom is 0.251 e. The monoisotopic (exact) mass is 353 g/mol. The first-order valence-corrected chi connectivity index (χ1v) is 8.66. The fraction of sp³-hybridized carbons (Fsp3) is 0.286. The minimum atomic E-state index is -0.243. The molecule has 1 heterocycles. The molecule has 3 rings (SSSR count). The third-order valence-electron chi connectivity index (χ3n) is 4.22. The fourth-order valence-electron chi connectivity index (χ4n) is 2.81. The molecule has 136 valence electrons. The lowest BCUT2D eigenvalue weighted by molar-refractivity contribution is 0.0935. The van der Waals surface area contributed by atoms with Crippen molar-refractivity contribution >= 4 is 16.9 Å². The predicted molar refractivity (Wildman–Crippen MR) is 100 cm³/mol. The molecule has 0 aliphatic carbocycles. The van der Waals surface area contributed by atoms with Gasteiger partial charge < -0.3 is 19.2 Å². The van der Waals surface area contributed by atoms with Crippen molar-refractivity contribution in [1.82, 2.24) is 5.32 Å². The predicted octanol–water partition coefficient (Wildman–Crippen LogP) is 4.47. The number of furan rings is 1. The lowest BCUT2D eigenvalue weighted by Crippen LogP contribution is -2.26. The van der Waals surface area contributed by atoms with Crippen molar-refractivity contribution < 1.29 is 18.7 Å². The van der Waals surface area contributed by atoms with Crippen molar-refractivity contribution in [2.75, 3.05) is 13.7 Å². The van der Waals surface area contributed by atoms with E-state index in [0.717, 1.165) is 22.3 Å². The number of nitrogens with one attached hydrogen (secondary N) is 1. The van der Waals surface area contributed by atoms with Crippen LogP contribution < -0.4 is 10.1 Å². The molecule has 2 aromatic carbocycles. The van der Waals surface area contributed by atoms with Gasteiger partial charge in [0.2, 0.25) is 0 Å². The van der Waals surface area contributed by atoms with Crippen LogP contribution in [0, 0.1) is 0 Å². The summed E-state index contributed by atoms with van der Waals surface area (Å²) < 4.78 is 16.6. The second kappa shape index (κ2) is 8.06. The number of para-hydroxylation sites is 1. The number of hydrogen-bond donors (Lipinski definition) is 1. The zero-order valence-corrected chi connectivity index (χ0v) is 15.2. The molecule has 0 aliphatic rings. The zero-order chi connectivity index (χ0) is 18.5. The summed E-state index contributed by atoms with van der Waals surface area (Å²) in [6, 6.07) is 14.8. The summed E-state index contributed by atoms with van der Waals surface area (Å²) in [5, 5.41) is 4.00. The molecule has 0 spiro atoms. The largest absolute Gasteiger partial charge is 0.496 e. The average Bonchev–Trinajstić information content (AvgIpc) is 3.10. The minimum absolute atomic E-state index is 0.168. The van der Waals surface area contributed by atoms with E-state index in [1.54, 1.807) is 25.3 Å². The molecule has 1 amide bonds. The number of fused-ring (bicyclic) bond motifs is 1. The SMILES string of the molecule is CCOCc1cc(C(=O)NC(C)c2cc3ccccc3o2)ccc1OC. The smallest absolute Gasteiger partial charge is 0.251 e. The van der Waals surface area contributed by atoms with Gasteiger partial charge in [-0.15, -0.1) is 0 Å². The molecular formula is C21H23NO4. The minimum Gasteiger partial charge on any atom is -0.496 e. The maximum absolute atomic E-state index is 12.6. The summed E-state index contributed by atoms with van der Waals surface area (Å²) in [5.41, 5.74) is 2.22. The van der Waals surface area contributed by atoms with E-state index in [9.17, 15) is 4.79 Å². The maximum atomic E-state index is 12.6. The number of carbonyl (C=O) groups excluding carboxylic acids is 1. The Morgan fingerprint density at radius 1 is 1.19 bits per heavy atom. The van der Waals surface area contributed by atoms with Crippen LogP contribution in [-0.2, 0) is 11.3 Å². The van der Waals surface area contributed by atoms with Crippen LogP contribution in [0.15, 0.2) is 52.9 Å².